The van der Waals surface area contributed by atoms with E-state index in [-0.39, 0.29) is 23.3 Å². The molecular weight excluding hydrogens is 440 g/mol. The van der Waals surface area contributed by atoms with Crippen molar-refractivity contribution in [3.63, 3.8) is 0 Å². The summed E-state index contributed by atoms with van der Waals surface area (Å²) in [5, 5.41) is 10.00. The van der Waals surface area contributed by atoms with Gasteiger partial charge < -0.3 is 16.0 Å². The SMILES string of the molecule is CC1=CC(C)(NC(=S)NC(C)c2ccc(F)cc2)C(C)C(C)=C1NC(=O)c1ccccc1F. The first kappa shape index (κ1) is 24.6. The Hall–Kier alpha value is -3.06. The molecule has 2 aromatic rings. The molecule has 3 N–H and O–H groups in total. The third-order valence-electron chi connectivity index (χ3n) is 6.31. The predicted molar refractivity (Wildman–Crippen MR) is 132 cm³/mol. The fourth-order valence-corrected chi connectivity index (χ4v) is 4.50. The molecule has 1 amide bonds. The van der Waals surface area contributed by atoms with Crippen LogP contribution in [0.25, 0.3) is 0 Å². The van der Waals surface area contributed by atoms with Crippen molar-refractivity contribution in [2.75, 3.05) is 0 Å². The molecule has 0 bridgehead atoms. The van der Waals surface area contributed by atoms with E-state index >= 15 is 0 Å². The second kappa shape index (κ2) is 9.83. The zero-order valence-corrected chi connectivity index (χ0v) is 20.2. The normalized spacial score (nSPS) is 21.2. The van der Waals surface area contributed by atoms with E-state index in [9.17, 15) is 13.6 Å². The van der Waals surface area contributed by atoms with Crippen LogP contribution in [0, 0.1) is 17.6 Å². The van der Waals surface area contributed by atoms with Crippen LogP contribution in [-0.4, -0.2) is 16.6 Å². The van der Waals surface area contributed by atoms with Crippen molar-refractivity contribution in [3.05, 3.63) is 94.2 Å². The molecule has 0 aliphatic heterocycles. The van der Waals surface area contributed by atoms with E-state index in [2.05, 4.69) is 16.0 Å². The second-order valence-electron chi connectivity index (χ2n) is 8.70. The maximum atomic E-state index is 14.0. The maximum absolute atomic E-state index is 14.0. The van der Waals surface area contributed by atoms with Gasteiger partial charge in [-0.15, -0.1) is 0 Å². The van der Waals surface area contributed by atoms with Crippen molar-refractivity contribution in [1.82, 2.24) is 16.0 Å². The second-order valence-corrected chi connectivity index (χ2v) is 9.10. The Morgan fingerprint density at radius 2 is 1.73 bits per heavy atom. The van der Waals surface area contributed by atoms with Crippen LogP contribution in [0.15, 0.2) is 71.5 Å². The first-order chi connectivity index (χ1) is 15.5. The predicted octanol–water partition coefficient (Wildman–Crippen LogP) is 5.55. The van der Waals surface area contributed by atoms with E-state index in [0.29, 0.717) is 10.8 Å². The quantitative estimate of drug-likeness (QED) is 0.503. The van der Waals surface area contributed by atoms with Crippen LogP contribution < -0.4 is 16.0 Å². The number of halogens is 2. The number of amides is 1. The van der Waals surface area contributed by atoms with Gasteiger partial charge in [0.15, 0.2) is 5.11 Å². The average molecular weight is 470 g/mol. The molecule has 1 aliphatic rings. The van der Waals surface area contributed by atoms with Crippen molar-refractivity contribution < 1.29 is 13.6 Å². The highest BCUT2D eigenvalue weighted by Crippen LogP contribution is 2.35. The first-order valence-electron chi connectivity index (χ1n) is 10.8. The molecule has 0 spiro atoms. The van der Waals surface area contributed by atoms with Crippen LogP contribution in [0.3, 0.4) is 0 Å². The average Bonchev–Trinajstić information content (AvgIpc) is 2.75. The van der Waals surface area contributed by atoms with Crippen molar-refractivity contribution in [3.8, 4) is 0 Å². The molecule has 33 heavy (non-hydrogen) atoms. The molecule has 3 rings (SSSR count). The van der Waals surface area contributed by atoms with Gasteiger partial charge in [0.05, 0.1) is 17.1 Å². The summed E-state index contributed by atoms with van der Waals surface area (Å²) in [6.07, 6.45) is 2.03. The van der Waals surface area contributed by atoms with Gasteiger partial charge in [0.2, 0.25) is 0 Å². The highest BCUT2D eigenvalue weighted by atomic mass is 32.1. The minimum Gasteiger partial charge on any atom is -0.356 e. The number of thiocarbonyl (C=S) groups is 1. The van der Waals surface area contributed by atoms with E-state index in [4.69, 9.17) is 12.2 Å². The number of hydrogen-bond donors (Lipinski definition) is 3. The van der Waals surface area contributed by atoms with E-state index < -0.39 is 17.3 Å². The van der Waals surface area contributed by atoms with Crippen molar-refractivity contribution in [1.29, 1.82) is 0 Å². The van der Waals surface area contributed by atoms with Gasteiger partial charge in [0.25, 0.3) is 5.91 Å². The van der Waals surface area contributed by atoms with Gasteiger partial charge in [0.1, 0.15) is 11.6 Å². The third kappa shape index (κ3) is 5.47. The van der Waals surface area contributed by atoms with Crippen molar-refractivity contribution >= 4 is 23.2 Å². The van der Waals surface area contributed by atoms with Gasteiger partial charge in [-0.2, -0.15) is 0 Å². The van der Waals surface area contributed by atoms with E-state index in [1.165, 1.54) is 24.3 Å². The molecule has 7 heteroatoms. The third-order valence-corrected chi connectivity index (χ3v) is 6.53. The summed E-state index contributed by atoms with van der Waals surface area (Å²) in [5.74, 6) is -1.34. The zero-order valence-electron chi connectivity index (χ0n) is 19.4. The smallest absolute Gasteiger partial charge is 0.258 e. The van der Waals surface area contributed by atoms with E-state index in [0.717, 1.165) is 16.7 Å². The van der Waals surface area contributed by atoms with Crippen molar-refractivity contribution in [2.45, 2.75) is 46.2 Å². The molecule has 0 radical (unpaired) electrons. The van der Waals surface area contributed by atoms with Gasteiger partial charge in [-0.05, 0) is 80.9 Å². The van der Waals surface area contributed by atoms with E-state index in [1.807, 2.05) is 40.7 Å². The summed E-state index contributed by atoms with van der Waals surface area (Å²) in [5.41, 5.74) is 2.93. The van der Waals surface area contributed by atoms with Crippen LogP contribution in [0.2, 0.25) is 0 Å². The monoisotopic (exact) mass is 469 g/mol. The molecule has 3 atom stereocenters. The number of rotatable bonds is 5. The lowest BCUT2D eigenvalue weighted by atomic mass is 9.75. The van der Waals surface area contributed by atoms with Gasteiger partial charge >= 0.3 is 0 Å². The van der Waals surface area contributed by atoms with Crippen LogP contribution >= 0.6 is 12.2 Å². The fraction of sp³-hybridized carbons (Fsp3) is 0.308. The highest BCUT2D eigenvalue weighted by Gasteiger charge is 2.36. The highest BCUT2D eigenvalue weighted by molar-refractivity contribution is 7.80. The Bertz CT molecular complexity index is 1130. The van der Waals surface area contributed by atoms with Crippen molar-refractivity contribution in [2.24, 2.45) is 5.92 Å². The Balaban J connectivity index is 1.73. The molecule has 3 unspecified atom stereocenters. The molecule has 0 saturated heterocycles. The molecule has 174 valence electrons. The number of allylic oxidation sites excluding steroid dienone is 1. The maximum Gasteiger partial charge on any atom is 0.258 e. The lowest BCUT2D eigenvalue weighted by Gasteiger charge is -2.41. The van der Waals surface area contributed by atoms with Crippen LogP contribution in [0.1, 0.15) is 56.6 Å². The lowest BCUT2D eigenvalue weighted by Crippen LogP contribution is -2.55. The first-order valence-corrected chi connectivity index (χ1v) is 11.2. The molecule has 4 nitrogen and oxygen atoms in total. The van der Waals surface area contributed by atoms with E-state index in [1.54, 1.807) is 24.3 Å². The summed E-state index contributed by atoms with van der Waals surface area (Å²) in [7, 11) is 0. The number of carbonyl (C=O) groups is 1. The largest absolute Gasteiger partial charge is 0.356 e. The van der Waals surface area contributed by atoms with Crippen LogP contribution in [0.4, 0.5) is 8.78 Å². The number of benzene rings is 2. The minimum absolute atomic E-state index is 0.00451. The van der Waals surface area contributed by atoms with Gasteiger partial charge in [-0.25, -0.2) is 8.78 Å². The minimum atomic E-state index is -0.558. The van der Waals surface area contributed by atoms with Gasteiger partial charge in [-0.3, -0.25) is 4.79 Å². The summed E-state index contributed by atoms with van der Waals surface area (Å²) < 4.78 is 27.2. The van der Waals surface area contributed by atoms with Crippen LogP contribution in [0.5, 0.6) is 0 Å². The lowest BCUT2D eigenvalue weighted by molar-refractivity contribution is 0.0961. The summed E-state index contributed by atoms with van der Waals surface area (Å²) in [6, 6.07) is 12.1. The molecule has 0 fully saturated rings. The molecule has 0 saturated carbocycles. The molecule has 0 aromatic heterocycles. The molecule has 2 aromatic carbocycles. The summed E-state index contributed by atoms with van der Waals surface area (Å²) in [6.45, 7) is 9.90. The summed E-state index contributed by atoms with van der Waals surface area (Å²) >= 11 is 5.56. The Kier molecular flexibility index (Phi) is 7.32. The van der Waals surface area contributed by atoms with Gasteiger partial charge in [-0.1, -0.05) is 37.3 Å². The number of carbonyl (C=O) groups excluding carboxylic acids is 1. The summed E-state index contributed by atoms with van der Waals surface area (Å²) in [4.78, 5) is 12.7. The molecule has 0 heterocycles. The Morgan fingerprint density at radius 3 is 2.36 bits per heavy atom. The van der Waals surface area contributed by atoms with Crippen LogP contribution in [-0.2, 0) is 0 Å². The Labute approximate surface area is 199 Å². The van der Waals surface area contributed by atoms with Gasteiger partial charge in [0, 0.05) is 11.6 Å². The molecule has 1 aliphatic carbocycles. The molecular formula is C26H29F2N3OS. The zero-order chi connectivity index (χ0) is 24.3. The number of nitrogens with one attached hydrogen (secondary N) is 3. The topological polar surface area (TPSA) is 53.2 Å². The standard InChI is InChI=1S/C26H29F2N3OS/c1-15-14-26(5,31-25(33)29-18(4)19-10-12-20(27)13-11-19)17(3)16(2)23(15)30-24(32)21-8-6-7-9-22(21)28/h6-14,17-18H,1-5H3,(H,30,32)(H2,29,31,33). The number of hydrogen-bond acceptors (Lipinski definition) is 2. The Morgan fingerprint density at radius 1 is 1.09 bits per heavy atom. The fourth-order valence-electron chi connectivity index (χ4n) is 4.10.